The van der Waals surface area contributed by atoms with Gasteiger partial charge in [-0.1, -0.05) is 13.8 Å². The Kier molecular flexibility index (Phi) is 2.28. The molecule has 0 spiro atoms. The van der Waals surface area contributed by atoms with Crippen molar-refractivity contribution in [3.05, 3.63) is 0 Å². The first-order chi connectivity index (χ1) is 6.18. The Labute approximate surface area is 79.7 Å². The van der Waals surface area contributed by atoms with Crippen LogP contribution >= 0.6 is 0 Å². The van der Waals surface area contributed by atoms with Crippen LogP contribution < -0.4 is 0 Å². The second-order valence-corrected chi connectivity index (χ2v) is 4.43. The summed E-state index contributed by atoms with van der Waals surface area (Å²) in [6.07, 6.45) is 1.18. The highest BCUT2D eigenvalue weighted by Crippen LogP contribution is 2.21. The Bertz CT molecular complexity index is 215. The van der Waals surface area contributed by atoms with Gasteiger partial charge in [0.15, 0.2) is 0 Å². The van der Waals surface area contributed by atoms with Crippen molar-refractivity contribution in [1.29, 1.82) is 0 Å². The summed E-state index contributed by atoms with van der Waals surface area (Å²) < 4.78 is 0. The predicted octanol–water partition coefficient (Wildman–Crippen LogP) is 0.559. The number of nitrogens with zero attached hydrogens (tertiary/aromatic N) is 2. The highest BCUT2D eigenvalue weighted by atomic mass is 16.2. The molecular weight excluding hydrogens is 164 g/mol. The van der Waals surface area contributed by atoms with Gasteiger partial charge in [-0.3, -0.25) is 9.69 Å². The summed E-state index contributed by atoms with van der Waals surface area (Å²) in [6.45, 7) is 8.30. The SMILES string of the molecule is CC(C)C(=O)N1CCN2CC[C@H]1C2. The summed E-state index contributed by atoms with van der Waals surface area (Å²) in [6, 6.07) is 0.517. The highest BCUT2D eigenvalue weighted by molar-refractivity contribution is 5.78. The molecule has 2 aliphatic rings. The molecule has 0 aromatic carbocycles. The van der Waals surface area contributed by atoms with Crippen LogP contribution in [-0.2, 0) is 4.79 Å². The van der Waals surface area contributed by atoms with E-state index in [0.29, 0.717) is 11.9 Å². The molecule has 0 radical (unpaired) electrons. The molecule has 2 atom stereocenters. The maximum absolute atomic E-state index is 11.8. The first kappa shape index (κ1) is 9.00. The molecule has 2 heterocycles. The predicted molar refractivity (Wildman–Crippen MR) is 51.4 cm³/mol. The molecule has 13 heavy (non-hydrogen) atoms. The minimum Gasteiger partial charge on any atom is -0.337 e. The molecule has 0 N–H and O–H groups in total. The van der Waals surface area contributed by atoms with Gasteiger partial charge in [0.1, 0.15) is 0 Å². The molecule has 2 fully saturated rings. The Morgan fingerprint density at radius 3 is 2.77 bits per heavy atom. The Morgan fingerprint density at radius 1 is 1.31 bits per heavy atom. The quantitative estimate of drug-likeness (QED) is 0.591. The van der Waals surface area contributed by atoms with Crippen LogP contribution in [0.4, 0.5) is 0 Å². The van der Waals surface area contributed by atoms with Gasteiger partial charge in [-0.15, -0.1) is 0 Å². The number of hydrogen-bond acceptors (Lipinski definition) is 2. The third kappa shape index (κ3) is 1.57. The van der Waals surface area contributed by atoms with Crippen LogP contribution in [-0.4, -0.2) is 47.9 Å². The van der Waals surface area contributed by atoms with Crippen LogP contribution in [0.5, 0.6) is 0 Å². The Hall–Kier alpha value is -0.570. The molecule has 0 aliphatic carbocycles. The lowest BCUT2D eigenvalue weighted by atomic mass is 10.1. The van der Waals surface area contributed by atoms with E-state index in [1.54, 1.807) is 0 Å². The van der Waals surface area contributed by atoms with Gasteiger partial charge < -0.3 is 4.90 Å². The van der Waals surface area contributed by atoms with Crippen molar-refractivity contribution in [2.45, 2.75) is 26.3 Å². The van der Waals surface area contributed by atoms with Crippen LogP contribution in [0.2, 0.25) is 0 Å². The second-order valence-electron chi connectivity index (χ2n) is 4.43. The van der Waals surface area contributed by atoms with E-state index in [2.05, 4.69) is 9.80 Å². The Morgan fingerprint density at radius 2 is 2.08 bits per heavy atom. The largest absolute Gasteiger partial charge is 0.337 e. The molecular formula is C10H18N2O. The number of carbonyl (C=O) groups is 1. The van der Waals surface area contributed by atoms with Gasteiger partial charge in [0.2, 0.25) is 5.91 Å². The third-order valence-electron chi connectivity index (χ3n) is 3.12. The minimum absolute atomic E-state index is 0.159. The van der Waals surface area contributed by atoms with E-state index >= 15 is 0 Å². The van der Waals surface area contributed by atoms with E-state index in [9.17, 15) is 4.79 Å². The zero-order valence-corrected chi connectivity index (χ0v) is 8.49. The zero-order chi connectivity index (χ0) is 9.42. The summed E-state index contributed by atoms with van der Waals surface area (Å²) in [5.41, 5.74) is 0. The molecule has 2 aliphatic heterocycles. The van der Waals surface area contributed by atoms with Gasteiger partial charge in [0.05, 0.1) is 0 Å². The van der Waals surface area contributed by atoms with Gasteiger partial charge in [0, 0.05) is 38.1 Å². The Balaban J connectivity index is 2.03. The number of carbonyl (C=O) groups excluding carboxylic acids is 1. The normalized spacial score (nSPS) is 32.7. The molecule has 74 valence electrons. The van der Waals surface area contributed by atoms with Crippen LogP contribution in [0.15, 0.2) is 0 Å². The maximum Gasteiger partial charge on any atom is 0.225 e. The molecule has 3 nitrogen and oxygen atoms in total. The van der Waals surface area contributed by atoms with E-state index in [1.807, 2.05) is 13.8 Å². The van der Waals surface area contributed by atoms with E-state index in [0.717, 1.165) is 19.6 Å². The van der Waals surface area contributed by atoms with Crippen molar-refractivity contribution in [3.63, 3.8) is 0 Å². The molecule has 0 aromatic heterocycles. The van der Waals surface area contributed by atoms with E-state index in [4.69, 9.17) is 0 Å². The lowest BCUT2D eigenvalue weighted by Crippen LogP contribution is -2.50. The fourth-order valence-corrected chi connectivity index (χ4v) is 2.32. The average molecular weight is 182 g/mol. The van der Waals surface area contributed by atoms with Crippen molar-refractivity contribution >= 4 is 5.91 Å². The molecule has 2 saturated heterocycles. The van der Waals surface area contributed by atoms with Crippen molar-refractivity contribution < 1.29 is 4.79 Å². The van der Waals surface area contributed by atoms with Gasteiger partial charge in [0.25, 0.3) is 0 Å². The zero-order valence-electron chi connectivity index (χ0n) is 8.49. The van der Waals surface area contributed by atoms with Gasteiger partial charge >= 0.3 is 0 Å². The van der Waals surface area contributed by atoms with Crippen molar-refractivity contribution in [3.8, 4) is 0 Å². The fourth-order valence-electron chi connectivity index (χ4n) is 2.32. The van der Waals surface area contributed by atoms with Crippen molar-refractivity contribution in [1.82, 2.24) is 9.80 Å². The monoisotopic (exact) mass is 182 g/mol. The van der Waals surface area contributed by atoms with E-state index in [-0.39, 0.29) is 5.92 Å². The average Bonchev–Trinajstić information content (AvgIpc) is 2.47. The molecule has 0 aromatic rings. The summed E-state index contributed by atoms with van der Waals surface area (Å²) in [7, 11) is 0. The molecule has 1 unspecified atom stereocenters. The maximum atomic E-state index is 11.8. The summed E-state index contributed by atoms with van der Waals surface area (Å²) in [5.74, 6) is 0.499. The first-order valence-electron chi connectivity index (χ1n) is 5.21. The van der Waals surface area contributed by atoms with Gasteiger partial charge in [-0.25, -0.2) is 0 Å². The topological polar surface area (TPSA) is 23.6 Å². The molecule has 1 amide bonds. The molecule has 0 saturated carbocycles. The second kappa shape index (κ2) is 3.29. The molecule has 2 bridgehead atoms. The summed E-state index contributed by atoms with van der Waals surface area (Å²) >= 11 is 0. The number of rotatable bonds is 1. The van der Waals surface area contributed by atoms with Crippen LogP contribution in [0, 0.1) is 5.92 Å². The molecule has 2 rings (SSSR count). The standard InChI is InChI=1S/C10H18N2O/c1-8(2)10(13)12-6-5-11-4-3-9(12)7-11/h8-9H,3-7H2,1-2H3/t9-/m0/s1. The van der Waals surface area contributed by atoms with Gasteiger partial charge in [-0.2, -0.15) is 0 Å². The third-order valence-corrected chi connectivity index (χ3v) is 3.12. The lowest BCUT2D eigenvalue weighted by molar-refractivity contribution is -0.137. The van der Waals surface area contributed by atoms with Crippen molar-refractivity contribution in [2.24, 2.45) is 5.92 Å². The van der Waals surface area contributed by atoms with E-state index < -0.39 is 0 Å². The van der Waals surface area contributed by atoms with Crippen LogP contribution in [0.25, 0.3) is 0 Å². The highest BCUT2D eigenvalue weighted by Gasteiger charge is 2.35. The van der Waals surface area contributed by atoms with Crippen molar-refractivity contribution in [2.75, 3.05) is 26.2 Å². The number of fused-ring (bicyclic) bond motifs is 2. The smallest absolute Gasteiger partial charge is 0.225 e. The summed E-state index contributed by atoms with van der Waals surface area (Å²) in [5, 5.41) is 0. The van der Waals surface area contributed by atoms with E-state index in [1.165, 1.54) is 13.0 Å². The number of piperazine rings is 1. The lowest BCUT2D eigenvalue weighted by Gasteiger charge is -2.35. The summed E-state index contributed by atoms with van der Waals surface area (Å²) in [4.78, 5) is 16.3. The minimum atomic E-state index is 0.159. The van der Waals surface area contributed by atoms with Crippen LogP contribution in [0.3, 0.4) is 0 Å². The molecule has 3 heteroatoms. The number of amides is 1. The first-order valence-corrected chi connectivity index (χ1v) is 5.21. The fraction of sp³-hybridized carbons (Fsp3) is 0.900. The van der Waals surface area contributed by atoms with Crippen LogP contribution in [0.1, 0.15) is 20.3 Å². The number of hydrogen-bond donors (Lipinski definition) is 0. The van der Waals surface area contributed by atoms with Gasteiger partial charge in [-0.05, 0) is 6.42 Å².